The van der Waals surface area contributed by atoms with Crippen LogP contribution in [0.25, 0.3) is 0 Å². The van der Waals surface area contributed by atoms with Crippen LogP contribution >= 0.6 is 34.8 Å². The van der Waals surface area contributed by atoms with Crippen LogP contribution in [0.15, 0.2) is 12.2 Å². The van der Waals surface area contributed by atoms with Crippen molar-refractivity contribution >= 4 is 40.7 Å². The molecule has 0 aliphatic heterocycles. The van der Waals surface area contributed by atoms with Crippen molar-refractivity contribution < 1.29 is 14.2 Å². The number of allylic oxidation sites excluding steroid dienone is 1. The summed E-state index contributed by atoms with van der Waals surface area (Å²) in [7, 11) is 1.58. The predicted molar refractivity (Wildman–Crippen MR) is 102 cm³/mol. The summed E-state index contributed by atoms with van der Waals surface area (Å²) >= 11 is 17.3. The molecule has 0 bridgehead atoms. The molecule has 24 heavy (non-hydrogen) atoms. The van der Waals surface area contributed by atoms with Gasteiger partial charge in [0, 0.05) is 13.0 Å². The zero-order valence-corrected chi connectivity index (χ0v) is 17.4. The van der Waals surface area contributed by atoms with E-state index in [4.69, 9.17) is 54.4 Å². The standard InChI is InChI=1S/C17H30Cl3NO3/c1-12(2)7-6-8-15(24-16(21)17(18,19)20)14(9-13(3)4)10-23-11-22-5/h6,8,12-15,21H,7,9-11H2,1-5H3/b8-6-,21-16?/t14-,15+/m1/s1. The molecule has 0 saturated carbocycles. The summed E-state index contributed by atoms with van der Waals surface area (Å²) in [5, 5.41) is 7.86. The monoisotopic (exact) mass is 401 g/mol. The number of rotatable bonds is 11. The first-order valence-corrected chi connectivity index (χ1v) is 9.27. The van der Waals surface area contributed by atoms with Crippen molar-refractivity contribution in [3.05, 3.63) is 12.2 Å². The minimum atomic E-state index is -1.88. The highest BCUT2D eigenvalue weighted by Gasteiger charge is 2.33. The molecule has 0 aliphatic carbocycles. The fourth-order valence-corrected chi connectivity index (χ4v) is 2.30. The minimum Gasteiger partial charge on any atom is -0.470 e. The zero-order valence-electron chi connectivity index (χ0n) is 15.2. The Morgan fingerprint density at radius 1 is 1.12 bits per heavy atom. The molecule has 142 valence electrons. The SMILES string of the molecule is COCOC[C@@H](CC(C)C)[C@H](/C=C\CC(C)C)OC(=N)C(Cl)(Cl)Cl. The Morgan fingerprint density at radius 2 is 1.75 bits per heavy atom. The summed E-state index contributed by atoms with van der Waals surface area (Å²) in [5.41, 5.74) is 0. The van der Waals surface area contributed by atoms with Crippen LogP contribution < -0.4 is 0 Å². The topological polar surface area (TPSA) is 51.5 Å². The normalized spacial score (nSPS) is 15.2. The number of hydrogen-bond donors (Lipinski definition) is 1. The lowest BCUT2D eigenvalue weighted by Gasteiger charge is -2.28. The van der Waals surface area contributed by atoms with Crippen molar-refractivity contribution in [2.75, 3.05) is 20.5 Å². The molecule has 7 heteroatoms. The van der Waals surface area contributed by atoms with Crippen LogP contribution in [-0.4, -0.2) is 36.3 Å². The third kappa shape index (κ3) is 11.5. The van der Waals surface area contributed by atoms with Crippen LogP contribution in [-0.2, 0) is 14.2 Å². The molecule has 0 radical (unpaired) electrons. The maximum atomic E-state index is 7.86. The summed E-state index contributed by atoms with van der Waals surface area (Å²) in [4.78, 5) is 0. The third-order valence-electron chi connectivity index (χ3n) is 3.22. The van der Waals surface area contributed by atoms with E-state index in [1.54, 1.807) is 7.11 Å². The van der Waals surface area contributed by atoms with E-state index in [1.807, 2.05) is 12.2 Å². The van der Waals surface area contributed by atoms with Gasteiger partial charge in [-0.15, -0.1) is 0 Å². The van der Waals surface area contributed by atoms with Crippen molar-refractivity contribution in [1.29, 1.82) is 5.41 Å². The van der Waals surface area contributed by atoms with E-state index in [0.717, 1.165) is 12.8 Å². The van der Waals surface area contributed by atoms with Gasteiger partial charge in [0.05, 0.1) is 6.61 Å². The lowest BCUT2D eigenvalue weighted by Crippen LogP contribution is -2.34. The summed E-state index contributed by atoms with van der Waals surface area (Å²) in [6.07, 6.45) is 5.35. The first-order valence-electron chi connectivity index (χ1n) is 8.13. The summed E-state index contributed by atoms with van der Waals surface area (Å²) in [6, 6.07) is 0. The van der Waals surface area contributed by atoms with Crippen LogP contribution in [0.3, 0.4) is 0 Å². The van der Waals surface area contributed by atoms with Gasteiger partial charge in [0.15, 0.2) is 0 Å². The third-order valence-corrected chi connectivity index (χ3v) is 3.73. The molecule has 0 saturated heterocycles. The van der Waals surface area contributed by atoms with Crippen molar-refractivity contribution in [3.8, 4) is 0 Å². The molecule has 0 aromatic rings. The fourth-order valence-electron chi connectivity index (χ4n) is 2.17. The Hall–Kier alpha value is -0.000000000000000111. The molecule has 0 amide bonds. The van der Waals surface area contributed by atoms with Crippen LogP contribution in [0, 0.1) is 23.2 Å². The van der Waals surface area contributed by atoms with E-state index >= 15 is 0 Å². The van der Waals surface area contributed by atoms with Gasteiger partial charge < -0.3 is 14.2 Å². The van der Waals surface area contributed by atoms with Crippen LogP contribution in [0.4, 0.5) is 0 Å². The van der Waals surface area contributed by atoms with E-state index in [0.29, 0.717) is 18.4 Å². The smallest absolute Gasteiger partial charge is 0.265 e. The number of alkyl halides is 3. The second-order valence-electron chi connectivity index (χ2n) is 6.63. The van der Waals surface area contributed by atoms with Crippen LogP contribution in [0.2, 0.25) is 0 Å². The van der Waals surface area contributed by atoms with Crippen LogP contribution in [0.5, 0.6) is 0 Å². The van der Waals surface area contributed by atoms with Gasteiger partial charge in [0.2, 0.25) is 5.90 Å². The van der Waals surface area contributed by atoms with E-state index in [9.17, 15) is 0 Å². The van der Waals surface area contributed by atoms with Crippen molar-refractivity contribution in [2.24, 2.45) is 17.8 Å². The lowest BCUT2D eigenvalue weighted by atomic mass is 9.92. The number of methoxy groups -OCH3 is 1. The number of halogens is 3. The molecule has 0 aliphatic rings. The Balaban J connectivity index is 5.15. The predicted octanol–water partition coefficient (Wildman–Crippen LogP) is 5.60. The van der Waals surface area contributed by atoms with Gasteiger partial charge in [-0.25, -0.2) is 0 Å². The lowest BCUT2D eigenvalue weighted by molar-refractivity contribution is -0.0571. The summed E-state index contributed by atoms with van der Waals surface area (Å²) < 4.78 is 14.2. The zero-order chi connectivity index (χ0) is 18.8. The van der Waals surface area contributed by atoms with Gasteiger partial charge in [-0.1, -0.05) is 68.6 Å². The summed E-state index contributed by atoms with van der Waals surface area (Å²) in [6.45, 7) is 9.17. The molecular weight excluding hydrogens is 373 g/mol. The van der Waals surface area contributed by atoms with Gasteiger partial charge in [-0.3, -0.25) is 5.41 Å². The first kappa shape index (κ1) is 24.0. The molecular formula is C17H30Cl3NO3. The number of nitrogens with one attached hydrogen (secondary N) is 1. The molecule has 0 rings (SSSR count). The molecule has 0 aromatic heterocycles. The Bertz CT molecular complexity index is 382. The molecule has 0 fully saturated rings. The fraction of sp³-hybridized carbons (Fsp3) is 0.824. The molecule has 0 unspecified atom stereocenters. The van der Waals surface area contributed by atoms with Crippen LogP contribution in [0.1, 0.15) is 40.5 Å². The number of hydrogen-bond acceptors (Lipinski definition) is 4. The highest BCUT2D eigenvalue weighted by Crippen LogP contribution is 2.30. The van der Waals surface area contributed by atoms with Crippen molar-refractivity contribution in [1.82, 2.24) is 0 Å². The van der Waals surface area contributed by atoms with Gasteiger partial charge in [-0.05, 0) is 30.8 Å². The second-order valence-corrected chi connectivity index (χ2v) is 8.92. The minimum absolute atomic E-state index is 0.0243. The van der Waals surface area contributed by atoms with E-state index in [-0.39, 0.29) is 18.6 Å². The van der Waals surface area contributed by atoms with Gasteiger partial charge in [0.1, 0.15) is 12.9 Å². The summed E-state index contributed by atoms with van der Waals surface area (Å²) in [5.74, 6) is 0.610. The van der Waals surface area contributed by atoms with E-state index < -0.39 is 9.90 Å². The molecule has 0 aromatic carbocycles. The van der Waals surface area contributed by atoms with Gasteiger partial charge in [-0.2, -0.15) is 0 Å². The van der Waals surface area contributed by atoms with Crippen molar-refractivity contribution in [2.45, 2.75) is 50.4 Å². The molecule has 2 atom stereocenters. The molecule has 1 N–H and O–H groups in total. The maximum absolute atomic E-state index is 7.86. The highest BCUT2D eigenvalue weighted by molar-refractivity contribution is 6.76. The van der Waals surface area contributed by atoms with E-state index in [1.165, 1.54) is 0 Å². The molecule has 0 heterocycles. The Kier molecular flexibility index (Phi) is 12.4. The largest absolute Gasteiger partial charge is 0.470 e. The highest BCUT2D eigenvalue weighted by atomic mass is 35.6. The molecule has 0 spiro atoms. The maximum Gasteiger partial charge on any atom is 0.265 e. The Morgan fingerprint density at radius 3 is 2.21 bits per heavy atom. The first-order chi connectivity index (χ1) is 11.1. The van der Waals surface area contributed by atoms with Crippen molar-refractivity contribution in [3.63, 3.8) is 0 Å². The Labute approximate surface area is 161 Å². The quantitative estimate of drug-likeness (QED) is 0.122. The van der Waals surface area contributed by atoms with E-state index in [2.05, 4.69) is 27.7 Å². The average Bonchev–Trinajstić information content (AvgIpc) is 2.43. The molecule has 4 nitrogen and oxygen atoms in total. The number of ether oxygens (including phenoxy) is 3. The average molecular weight is 403 g/mol. The van der Waals surface area contributed by atoms with Gasteiger partial charge in [0.25, 0.3) is 3.79 Å². The van der Waals surface area contributed by atoms with Gasteiger partial charge >= 0.3 is 0 Å². The second kappa shape index (κ2) is 12.4.